The van der Waals surface area contributed by atoms with Gasteiger partial charge in [0.25, 0.3) is 0 Å². The summed E-state index contributed by atoms with van der Waals surface area (Å²) in [6.45, 7) is 0. The summed E-state index contributed by atoms with van der Waals surface area (Å²) in [5, 5.41) is 19.4. The molecule has 0 saturated heterocycles. The van der Waals surface area contributed by atoms with Gasteiger partial charge in [-0.2, -0.15) is 10.5 Å². The largest absolute Gasteiger partial charge is 0.573 e. The third-order valence-corrected chi connectivity index (χ3v) is 6.34. The van der Waals surface area contributed by atoms with Crippen molar-refractivity contribution in [3.8, 4) is 57.0 Å². The second-order valence-corrected chi connectivity index (χ2v) is 8.90. The van der Waals surface area contributed by atoms with E-state index in [2.05, 4.69) is 9.47 Å². The summed E-state index contributed by atoms with van der Waals surface area (Å²) in [6, 6.07) is 15.7. The smallest absolute Gasteiger partial charge is 0.403 e. The van der Waals surface area contributed by atoms with Crippen LogP contribution in [0.4, 0.5) is 35.1 Å². The number of benzene rings is 4. The Balaban J connectivity index is 1.60. The Morgan fingerprint density at radius 3 is 1.27 bits per heavy atom. The lowest BCUT2D eigenvalue weighted by Gasteiger charge is -2.13. The first-order valence-electron chi connectivity index (χ1n) is 11.5. The first-order chi connectivity index (χ1) is 19.3. The van der Waals surface area contributed by atoms with Crippen molar-refractivity contribution < 1.29 is 44.6 Å². The molecule has 12 heteroatoms. The zero-order chi connectivity index (χ0) is 29.7. The lowest BCUT2D eigenvalue weighted by molar-refractivity contribution is -0.276. The second kappa shape index (κ2) is 9.82. The zero-order valence-electron chi connectivity index (χ0n) is 20.2. The van der Waals surface area contributed by atoms with E-state index in [1.807, 2.05) is 12.1 Å². The molecule has 0 fully saturated rings. The van der Waals surface area contributed by atoms with E-state index in [4.69, 9.17) is 0 Å². The Kier molecular flexibility index (Phi) is 6.58. The molecule has 0 aromatic heterocycles. The van der Waals surface area contributed by atoms with Crippen LogP contribution < -0.4 is 9.47 Å². The lowest BCUT2D eigenvalue weighted by atomic mass is 9.92. The van der Waals surface area contributed by atoms with Crippen molar-refractivity contribution in [1.82, 2.24) is 0 Å². The molecule has 0 amide bonds. The fourth-order valence-corrected chi connectivity index (χ4v) is 4.70. The summed E-state index contributed by atoms with van der Waals surface area (Å²) in [6.07, 6.45) is -9.91. The molecular formula is C29H12F8N2O2. The van der Waals surface area contributed by atoms with Crippen molar-refractivity contribution in [2.24, 2.45) is 0 Å². The van der Waals surface area contributed by atoms with Gasteiger partial charge in [0.15, 0.2) is 23.1 Å². The summed E-state index contributed by atoms with van der Waals surface area (Å²) in [7, 11) is 0. The maximum Gasteiger partial charge on any atom is 0.573 e. The van der Waals surface area contributed by atoms with E-state index in [1.165, 1.54) is 24.3 Å². The highest BCUT2D eigenvalue weighted by Crippen LogP contribution is 2.44. The highest BCUT2D eigenvalue weighted by molar-refractivity contribution is 5.88. The molecule has 1 aliphatic carbocycles. The van der Waals surface area contributed by atoms with Crippen LogP contribution in [0.5, 0.6) is 11.5 Å². The number of rotatable bonds is 4. The maximum absolute atomic E-state index is 14.5. The van der Waals surface area contributed by atoms with Crippen molar-refractivity contribution in [2.75, 3.05) is 0 Å². The molecule has 0 aliphatic heterocycles. The van der Waals surface area contributed by atoms with E-state index in [0.29, 0.717) is 28.7 Å². The number of fused-ring (bicyclic) bond motifs is 3. The fourth-order valence-electron chi connectivity index (χ4n) is 4.70. The van der Waals surface area contributed by atoms with Gasteiger partial charge in [0.1, 0.15) is 0 Å². The first-order valence-corrected chi connectivity index (χ1v) is 11.5. The molecule has 0 bridgehead atoms. The molecule has 0 unspecified atom stereocenters. The van der Waals surface area contributed by atoms with Crippen LogP contribution in [0.25, 0.3) is 33.4 Å². The third kappa shape index (κ3) is 5.50. The van der Waals surface area contributed by atoms with Gasteiger partial charge in [0, 0.05) is 11.1 Å². The van der Waals surface area contributed by atoms with Crippen molar-refractivity contribution in [3.05, 3.63) is 94.6 Å². The van der Waals surface area contributed by atoms with Crippen LogP contribution in [0.3, 0.4) is 0 Å². The topological polar surface area (TPSA) is 66.0 Å². The van der Waals surface area contributed by atoms with E-state index < -0.39 is 35.9 Å². The van der Waals surface area contributed by atoms with Gasteiger partial charge in [0.2, 0.25) is 0 Å². The van der Waals surface area contributed by atoms with Crippen LogP contribution in [-0.2, 0) is 6.42 Å². The molecule has 1 aliphatic rings. The van der Waals surface area contributed by atoms with Gasteiger partial charge in [-0.05, 0) is 88.3 Å². The SMILES string of the molecule is N#Cc1cc2c(cc1-c1ccc(OC(F)(F)F)c(F)c1)-c1cc(-c3ccc(OC(F)(F)F)c(F)c3)c(C#N)cc1C2. The molecule has 4 aromatic carbocycles. The first kappa shape index (κ1) is 27.5. The molecule has 0 atom stereocenters. The minimum Gasteiger partial charge on any atom is -0.403 e. The van der Waals surface area contributed by atoms with E-state index in [9.17, 15) is 45.6 Å². The van der Waals surface area contributed by atoms with Crippen LogP contribution in [0.1, 0.15) is 22.3 Å². The number of nitrogens with zero attached hydrogens (tertiary/aromatic N) is 2. The molecule has 4 nitrogen and oxygen atoms in total. The summed E-state index contributed by atoms with van der Waals surface area (Å²) in [5.74, 6) is -4.69. The average Bonchev–Trinajstić information content (AvgIpc) is 3.24. The van der Waals surface area contributed by atoms with Crippen molar-refractivity contribution in [1.29, 1.82) is 10.5 Å². The van der Waals surface area contributed by atoms with Crippen molar-refractivity contribution >= 4 is 0 Å². The number of halogens is 8. The molecule has 4 aromatic rings. The average molecular weight is 572 g/mol. The Labute approximate surface area is 226 Å². The standard InChI is InChI=1S/C29H12F8N2O2/c30-24-8-14(1-3-26(24)40-28(32,33)34)20-10-22-16(6-18(20)12-38)5-17-7-19(13-39)21(11-23(17)22)15-2-4-27(25(31)9-15)41-29(35,36)37/h1-4,6-11H,5H2. The van der Waals surface area contributed by atoms with Gasteiger partial charge in [-0.15, -0.1) is 26.3 Å². The molecule has 0 saturated carbocycles. The lowest BCUT2D eigenvalue weighted by Crippen LogP contribution is -2.17. The van der Waals surface area contributed by atoms with Crippen LogP contribution in [0.2, 0.25) is 0 Å². The summed E-state index contributed by atoms with van der Waals surface area (Å²) < 4.78 is 112. The predicted octanol–water partition coefficient (Wildman–Crippen LogP) is 8.41. The van der Waals surface area contributed by atoms with E-state index in [-0.39, 0.29) is 33.4 Å². The molecule has 0 spiro atoms. The van der Waals surface area contributed by atoms with Gasteiger partial charge < -0.3 is 9.47 Å². The van der Waals surface area contributed by atoms with Crippen LogP contribution in [0.15, 0.2) is 60.7 Å². The summed E-state index contributed by atoms with van der Waals surface area (Å²) in [5.41, 5.74) is 3.30. The minimum atomic E-state index is -5.11. The quantitative estimate of drug-likeness (QED) is 0.203. The van der Waals surface area contributed by atoms with Crippen molar-refractivity contribution in [2.45, 2.75) is 19.1 Å². The van der Waals surface area contributed by atoms with Gasteiger partial charge in [-0.3, -0.25) is 0 Å². The molecular weight excluding hydrogens is 560 g/mol. The van der Waals surface area contributed by atoms with Crippen LogP contribution in [-0.4, -0.2) is 12.7 Å². The number of hydrogen-bond donors (Lipinski definition) is 0. The minimum absolute atomic E-state index is 0.0982. The molecule has 0 N–H and O–H groups in total. The Hall–Kier alpha value is -5.10. The fraction of sp³-hybridized carbons (Fsp3) is 0.103. The monoisotopic (exact) mass is 572 g/mol. The summed E-state index contributed by atoms with van der Waals surface area (Å²) in [4.78, 5) is 0. The third-order valence-electron chi connectivity index (χ3n) is 6.34. The normalized spacial score (nSPS) is 12.2. The van der Waals surface area contributed by atoms with E-state index in [0.717, 1.165) is 24.3 Å². The van der Waals surface area contributed by atoms with Crippen molar-refractivity contribution in [3.63, 3.8) is 0 Å². The molecule has 0 heterocycles. The van der Waals surface area contributed by atoms with Crippen LogP contribution >= 0.6 is 0 Å². The number of alkyl halides is 6. The Morgan fingerprint density at radius 2 is 0.951 bits per heavy atom. The molecule has 41 heavy (non-hydrogen) atoms. The van der Waals surface area contributed by atoms with E-state index >= 15 is 0 Å². The highest BCUT2D eigenvalue weighted by Gasteiger charge is 2.33. The molecule has 206 valence electrons. The highest BCUT2D eigenvalue weighted by atomic mass is 19.4. The number of ether oxygens (including phenoxy) is 2. The maximum atomic E-state index is 14.5. The van der Waals surface area contributed by atoms with Gasteiger partial charge in [-0.25, -0.2) is 8.78 Å². The second-order valence-electron chi connectivity index (χ2n) is 8.90. The van der Waals surface area contributed by atoms with Gasteiger partial charge >= 0.3 is 12.7 Å². The van der Waals surface area contributed by atoms with Gasteiger partial charge in [0.05, 0.1) is 23.3 Å². The Morgan fingerprint density at radius 1 is 0.561 bits per heavy atom. The summed E-state index contributed by atoms with van der Waals surface area (Å²) >= 11 is 0. The van der Waals surface area contributed by atoms with Gasteiger partial charge in [-0.1, -0.05) is 12.1 Å². The molecule has 0 radical (unpaired) electrons. The van der Waals surface area contributed by atoms with Crippen LogP contribution in [0, 0.1) is 34.3 Å². The number of hydrogen-bond acceptors (Lipinski definition) is 4. The number of nitriles is 2. The Bertz CT molecular complexity index is 1670. The van der Waals surface area contributed by atoms with E-state index in [1.54, 1.807) is 12.1 Å². The predicted molar refractivity (Wildman–Crippen MR) is 128 cm³/mol. The zero-order valence-corrected chi connectivity index (χ0v) is 20.2. The molecule has 5 rings (SSSR count).